The van der Waals surface area contributed by atoms with Crippen LogP contribution in [0, 0.1) is 0 Å². The summed E-state index contributed by atoms with van der Waals surface area (Å²) in [6, 6.07) is 7.66. The van der Waals surface area contributed by atoms with Gasteiger partial charge in [-0.1, -0.05) is 17.9 Å². The molecule has 0 radical (unpaired) electrons. The summed E-state index contributed by atoms with van der Waals surface area (Å²) in [5, 5.41) is 13.3. The predicted molar refractivity (Wildman–Crippen MR) is 115 cm³/mol. The van der Waals surface area contributed by atoms with E-state index < -0.39 is 33.5 Å². The Morgan fingerprint density at radius 2 is 1.81 bits per heavy atom. The molecule has 0 bridgehead atoms. The first-order chi connectivity index (χ1) is 15.1. The minimum atomic E-state index is -3.66. The summed E-state index contributed by atoms with van der Waals surface area (Å²) in [4.78, 5) is 28.2. The van der Waals surface area contributed by atoms with Crippen LogP contribution in [0.3, 0.4) is 0 Å². The Morgan fingerprint density at radius 1 is 1.16 bits per heavy atom. The second-order valence-corrected chi connectivity index (χ2v) is 10.3. The van der Waals surface area contributed by atoms with Crippen molar-refractivity contribution in [3.05, 3.63) is 59.6 Å². The Bertz CT molecular complexity index is 1120. The van der Waals surface area contributed by atoms with Crippen LogP contribution < -0.4 is 10.0 Å². The molecule has 1 atom stereocenters. The summed E-state index contributed by atoms with van der Waals surface area (Å²) in [6.45, 7) is 1.09. The fourth-order valence-electron chi connectivity index (χ4n) is 3.59. The maximum atomic E-state index is 13.3. The lowest BCUT2D eigenvalue weighted by Gasteiger charge is -2.25. The molecule has 0 aliphatic carbocycles. The van der Waals surface area contributed by atoms with Gasteiger partial charge in [-0.05, 0) is 29.8 Å². The lowest BCUT2D eigenvalue weighted by atomic mass is 9.99. The highest BCUT2D eigenvalue weighted by Crippen LogP contribution is 2.38. The van der Waals surface area contributed by atoms with Crippen LogP contribution in [0.5, 0.6) is 0 Å². The largest absolute Gasteiger partial charge is 0.872 e. The molecular weight excluding hydrogens is 434 g/mol. The van der Waals surface area contributed by atoms with Crippen LogP contribution in [-0.4, -0.2) is 70.6 Å². The fourth-order valence-corrected chi connectivity index (χ4v) is 4.49. The minimum Gasteiger partial charge on any atom is -0.872 e. The number of ketones is 1. The number of sulfonamides is 1. The first-order valence-electron chi connectivity index (χ1n) is 10.2. The van der Waals surface area contributed by atoms with Crippen LogP contribution >= 0.6 is 0 Å². The van der Waals surface area contributed by atoms with E-state index in [1.54, 1.807) is 12.1 Å². The lowest BCUT2D eigenvalue weighted by Crippen LogP contribution is -3.05. The number of furan rings is 1. The second-order valence-electron chi connectivity index (χ2n) is 8.11. The van der Waals surface area contributed by atoms with Crippen LogP contribution in [0.4, 0.5) is 0 Å². The standard InChI is InChI=1S/C22H27N3O6S/c1-23(2)12-6-13-25-19(17-7-5-14-31-17)18(21(27)22(25)28)20(26)15-8-10-16(11-9-15)32(29,30)24(3)4/h5,7-11,14,19,26H,6,12-13H2,1-4H3/b20-18+. The van der Waals surface area contributed by atoms with Crippen molar-refractivity contribution in [2.45, 2.75) is 17.4 Å². The molecular formula is C22H27N3O6S. The Hall–Kier alpha value is -2.95. The van der Waals surface area contributed by atoms with Crippen molar-refractivity contribution in [2.24, 2.45) is 0 Å². The van der Waals surface area contributed by atoms with Crippen LogP contribution in [0.2, 0.25) is 0 Å². The quantitative estimate of drug-likeness (QED) is 0.315. The van der Waals surface area contributed by atoms with Gasteiger partial charge in [-0.15, -0.1) is 0 Å². The number of Topliss-reactive ketones (excluding diaryl/α,β-unsaturated/α-hetero) is 1. The van der Waals surface area contributed by atoms with E-state index in [0.29, 0.717) is 18.7 Å². The number of benzene rings is 1. The van der Waals surface area contributed by atoms with Gasteiger partial charge >= 0.3 is 0 Å². The highest BCUT2D eigenvalue weighted by atomic mass is 32.2. The molecule has 10 heteroatoms. The summed E-state index contributed by atoms with van der Waals surface area (Å²) in [5.41, 5.74) is -0.0691. The third-order valence-corrected chi connectivity index (χ3v) is 7.14. The van der Waals surface area contributed by atoms with Crippen LogP contribution in [-0.2, 0) is 19.6 Å². The molecule has 3 rings (SSSR count). The maximum absolute atomic E-state index is 13.3. The topological polar surface area (TPSA) is 115 Å². The van der Waals surface area contributed by atoms with Crippen LogP contribution in [0.15, 0.2) is 57.5 Å². The molecule has 2 aromatic rings. The number of quaternary nitrogens is 1. The summed E-state index contributed by atoms with van der Waals surface area (Å²) < 4.78 is 31.1. The molecule has 2 heterocycles. The van der Waals surface area contributed by atoms with Crippen LogP contribution in [0.1, 0.15) is 23.8 Å². The Balaban J connectivity index is 2.03. The number of nitrogens with one attached hydrogen (secondary N) is 1. The molecule has 1 aromatic carbocycles. The molecule has 9 nitrogen and oxygen atoms in total. The van der Waals surface area contributed by atoms with Crippen molar-refractivity contribution in [3.63, 3.8) is 0 Å². The molecule has 1 aromatic heterocycles. The fraction of sp³-hybridized carbons (Fsp3) is 0.364. The Kier molecular flexibility index (Phi) is 6.87. The number of hydrogen-bond donors (Lipinski definition) is 1. The molecule has 1 N–H and O–H groups in total. The van der Waals surface area contributed by atoms with E-state index in [1.165, 1.54) is 54.4 Å². The molecule has 1 aliphatic rings. The average Bonchev–Trinajstić information content (AvgIpc) is 3.35. The maximum Gasteiger partial charge on any atom is 0.295 e. The molecule has 1 unspecified atom stereocenters. The van der Waals surface area contributed by atoms with E-state index >= 15 is 0 Å². The second kappa shape index (κ2) is 9.27. The van der Waals surface area contributed by atoms with Gasteiger partial charge in [-0.3, -0.25) is 9.59 Å². The lowest BCUT2D eigenvalue weighted by molar-refractivity contribution is -0.858. The van der Waals surface area contributed by atoms with E-state index in [9.17, 15) is 23.1 Å². The molecule has 0 spiro atoms. The third-order valence-electron chi connectivity index (χ3n) is 5.31. The van der Waals surface area contributed by atoms with Gasteiger partial charge in [0.05, 0.1) is 31.8 Å². The number of nitrogens with zero attached hydrogens (tertiary/aromatic N) is 2. The molecule has 1 saturated heterocycles. The van der Waals surface area contributed by atoms with E-state index in [1.807, 2.05) is 14.1 Å². The Labute approximate surface area is 187 Å². The van der Waals surface area contributed by atoms with Gasteiger partial charge in [0, 0.05) is 32.6 Å². The molecule has 172 valence electrons. The molecule has 32 heavy (non-hydrogen) atoms. The first kappa shape index (κ1) is 23.7. The number of hydrogen-bond acceptors (Lipinski definition) is 6. The monoisotopic (exact) mass is 461 g/mol. The molecule has 0 saturated carbocycles. The van der Waals surface area contributed by atoms with Crippen molar-refractivity contribution >= 4 is 27.5 Å². The van der Waals surface area contributed by atoms with Gasteiger partial charge in [0.1, 0.15) is 11.8 Å². The van der Waals surface area contributed by atoms with Crippen molar-refractivity contribution in [3.8, 4) is 0 Å². The SMILES string of the molecule is CN(C)S(=O)(=O)c1ccc(/C([O-])=C2\C(=O)C(=O)N(CCC[NH+](C)C)C2c2ccco2)cc1. The highest BCUT2D eigenvalue weighted by molar-refractivity contribution is 7.89. The van der Waals surface area contributed by atoms with E-state index in [4.69, 9.17) is 4.42 Å². The smallest absolute Gasteiger partial charge is 0.295 e. The van der Waals surface area contributed by atoms with Gasteiger partial charge in [0.25, 0.3) is 5.91 Å². The summed E-state index contributed by atoms with van der Waals surface area (Å²) in [5.74, 6) is -1.90. The number of rotatable bonds is 8. The van der Waals surface area contributed by atoms with Gasteiger partial charge in [-0.2, -0.15) is 0 Å². The van der Waals surface area contributed by atoms with E-state index in [2.05, 4.69) is 0 Å². The summed E-state index contributed by atoms with van der Waals surface area (Å²) in [6.07, 6.45) is 2.07. The van der Waals surface area contributed by atoms with Crippen molar-refractivity contribution in [2.75, 3.05) is 41.3 Å². The van der Waals surface area contributed by atoms with Crippen molar-refractivity contribution in [1.82, 2.24) is 9.21 Å². The zero-order valence-corrected chi connectivity index (χ0v) is 19.3. The Morgan fingerprint density at radius 3 is 2.34 bits per heavy atom. The third kappa shape index (κ3) is 4.47. The first-order valence-corrected chi connectivity index (χ1v) is 11.6. The van der Waals surface area contributed by atoms with Gasteiger partial charge < -0.3 is 19.3 Å². The molecule has 1 fully saturated rings. The van der Waals surface area contributed by atoms with E-state index in [-0.39, 0.29) is 16.0 Å². The zero-order chi connectivity index (χ0) is 23.6. The number of amides is 1. The van der Waals surface area contributed by atoms with Gasteiger partial charge in [0.2, 0.25) is 15.8 Å². The van der Waals surface area contributed by atoms with Gasteiger partial charge in [0.15, 0.2) is 0 Å². The molecule has 1 amide bonds. The average molecular weight is 462 g/mol. The number of carbonyl (C=O) groups excluding carboxylic acids is 2. The van der Waals surface area contributed by atoms with E-state index in [0.717, 1.165) is 10.8 Å². The van der Waals surface area contributed by atoms with Crippen molar-refractivity contribution < 1.29 is 32.4 Å². The highest BCUT2D eigenvalue weighted by Gasteiger charge is 2.45. The normalized spacial score (nSPS) is 18.8. The van der Waals surface area contributed by atoms with Crippen molar-refractivity contribution in [1.29, 1.82) is 0 Å². The molecule has 1 aliphatic heterocycles. The minimum absolute atomic E-state index is 0.0215. The number of likely N-dealkylation sites (tertiary alicyclic amines) is 1. The summed E-state index contributed by atoms with van der Waals surface area (Å²) >= 11 is 0. The summed E-state index contributed by atoms with van der Waals surface area (Å²) in [7, 11) is 3.14. The van der Waals surface area contributed by atoms with Crippen LogP contribution in [0.25, 0.3) is 5.76 Å². The number of carbonyl (C=O) groups is 2. The zero-order valence-electron chi connectivity index (χ0n) is 18.5. The van der Waals surface area contributed by atoms with Gasteiger partial charge in [-0.25, -0.2) is 12.7 Å². The predicted octanol–water partition coefficient (Wildman–Crippen LogP) is -0.711.